The molecule has 0 saturated heterocycles. The van der Waals surface area contributed by atoms with Crippen LogP contribution in [0.2, 0.25) is 0 Å². The third kappa shape index (κ3) is 1.82. The van der Waals surface area contributed by atoms with E-state index in [1.807, 2.05) is 13.8 Å². The van der Waals surface area contributed by atoms with Gasteiger partial charge in [0.05, 0.1) is 6.92 Å². The van der Waals surface area contributed by atoms with Gasteiger partial charge in [0.25, 0.3) is 0 Å². The molecule has 2 nitrogen and oxygen atoms in total. The maximum atomic E-state index is 5.52. The SMILES string of the molecule is CC1=[N+](C(C)C)C=CC(C)O1. The minimum absolute atomic E-state index is 0.227. The zero-order valence-electron chi connectivity index (χ0n) is 7.66. The van der Waals surface area contributed by atoms with Gasteiger partial charge < -0.3 is 4.74 Å². The van der Waals surface area contributed by atoms with E-state index in [1.54, 1.807) is 0 Å². The first-order valence-electron chi connectivity index (χ1n) is 4.08. The Morgan fingerprint density at radius 3 is 2.64 bits per heavy atom. The van der Waals surface area contributed by atoms with Crippen molar-refractivity contribution in [2.24, 2.45) is 0 Å². The maximum absolute atomic E-state index is 5.52. The van der Waals surface area contributed by atoms with Crippen LogP contribution in [0.25, 0.3) is 0 Å². The van der Waals surface area contributed by atoms with E-state index >= 15 is 0 Å². The highest BCUT2D eigenvalue weighted by Crippen LogP contribution is 2.04. The molecule has 1 rings (SSSR count). The zero-order valence-corrected chi connectivity index (χ0v) is 7.66. The van der Waals surface area contributed by atoms with Crippen molar-refractivity contribution >= 4 is 5.90 Å². The third-order valence-electron chi connectivity index (χ3n) is 1.79. The van der Waals surface area contributed by atoms with E-state index in [1.165, 1.54) is 0 Å². The molecule has 2 heteroatoms. The first kappa shape index (κ1) is 8.31. The van der Waals surface area contributed by atoms with Gasteiger partial charge in [-0.15, -0.1) is 0 Å². The standard InChI is InChI=1S/C9H16NO/c1-7(2)10-6-5-8(3)11-9(10)4/h5-8H,1-4H3/q+1. The highest BCUT2D eigenvalue weighted by Gasteiger charge is 2.19. The Balaban J connectivity index is 2.80. The van der Waals surface area contributed by atoms with Crippen LogP contribution in [-0.2, 0) is 4.74 Å². The molecule has 0 aliphatic carbocycles. The predicted octanol–water partition coefficient (Wildman–Crippen LogP) is 1.76. The van der Waals surface area contributed by atoms with E-state index in [-0.39, 0.29) is 6.10 Å². The Morgan fingerprint density at radius 2 is 2.18 bits per heavy atom. The normalized spacial score (nSPS) is 24.3. The summed E-state index contributed by atoms with van der Waals surface area (Å²) in [5.74, 6) is 0.995. The molecule has 0 fully saturated rings. The Bertz CT molecular complexity index is 204. The van der Waals surface area contributed by atoms with E-state index in [2.05, 4.69) is 30.7 Å². The molecule has 0 aromatic carbocycles. The number of ether oxygens (including phenoxy) is 1. The zero-order chi connectivity index (χ0) is 8.43. The van der Waals surface area contributed by atoms with Gasteiger partial charge >= 0.3 is 5.90 Å². The quantitative estimate of drug-likeness (QED) is 0.524. The van der Waals surface area contributed by atoms with Crippen LogP contribution in [-0.4, -0.2) is 22.6 Å². The molecule has 0 aromatic heterocycles. The van der Waals surface area contributed by atoms with Crippen LogP contribution >= 0.6 is 0 Å². The number of hydrogen-bond donors (Lipinski definition) is 0. The van der Waals surface area contributed by atoms with E-state index in [9.17, 15) is 0 Å². The van der Waals surface area contributed by atoms with Crippen molar-refractivity contribution in [3.05, 3.63) is 12.3 Å². The first-order valence-corrected chi connectivity index (χ1v) is 4.08. The molecule has 1 aliphatic rings. The van der Waals surface area contributed by atoms with Crippen LogP contribution in [0.3, 0.4) is 0 Å². The van der Waals surface area contributed by atoms with Gasteiger partial charge in [-0.3, -0.25) is 0 Å². The van der Waals surface area contributed by atoms with Gasteiger partial charge in [-0.1, -0.05) is 0 Å². The van der Waals surface area contributed by atoms with Crippen LogP contribution < -0.4 is 0 Å². The summed E-state index contributed by atoms with van der Waals surface area (Å²) in [5.41, 5.74) is 0. The lowest BCUT2D eigenvalue weighted by Gasteiger charge is -2.15. The molecular formula is C9H16NO+. The van der Waals surface area contributed by atoms with E-state index in [4.69, 9.17) is 4.74 Å². The lowest BCUT2D eigenvalue weighted by molar-refractivity contribution is -0.505. The van der Waals surface area contributed by atoms with Crippen molar-refractivity contribution in [2.75, 3.05) is 0 Å². The van der Waals surface area contributed by atoms with Gasteiger partial charge in [0.15, 0.2) is 12.2 Å². The van der Waals surface area contributed by atoms with Gasteiger partial charge in [-0.25, -0.2) is 0 Å². The van der Waals surface area contributed by atoms with Crippen molar-refractivity contribution in [3.63, 3.8) is 0 Å². The molecule has 1 heterocycles. The summed E-state index contributed by atoms with van der Waals surface area (Å²) in [4.78, 5) is 0. The topological polar surface area (TPSA) is 12.2 Å². The molecule has 1 aliphatic heterocycles. The minimum atomic E-state index is 0.227. The predicted molar refractivity (Wildman–Crippen MR) is 45.8 cm³/mol. The van der Waals surface area contributed by atoms with Crippen LogP contribution in [0.5, 0.6) is 0 Å². The number of nitrogens with zero attached hydrogens (tertiary/aromatic N) is 1. The summed E-state index contributed by atoms with van der Waals surface area (Å²) in [6.45, 7) is 8.33. The van der Waals surface area contributed by atoms with E-state index in [0.29, 0.717) is 6.04 Å². The summed E-state index contributed by atoms with van der Waals surface area (Å²) in [6, 6.07) is 0.485. The summed E-state index contributed by atoms with van der Waals surface area (Å²) >= 11 is 0. The highest BCUT2D eigenvalue weighted by molar-refractivity contribution is 5.68. The molecule has 0 saturated carbocycles. The molecule has 62 valence electrons. The monoisotopic (exact) mass is 154 g/mol. The summed E-state index contributed by atoms with van der Waals surface area (Å²) in [7, 11) is 0. The second-order valence-electron chi connectivity index (χ2n) is 3.18. The van der Waals surface area contributed by atoms with Crippen molar-refractivity contribution in [3.8, 4) is 0 Å². The van der Waals surface area contributed by atoms with E-state index < -0.39 is 0 Å². The smallest absolute Gasteiger partial charge is 0.339 e. The molecule has 0 amide bonds. The van der Waals surface area contributed by atoms with Gasteiger partial charge in [-0.05, 0) is 20.8 Å². The Kier molecular flexibility index (Phi) is 2.32. The minimum Gasteiger partial charge on any atom is -0.440 e. The summed E-state index contributed by atoms with van der Waals surface area (Å²) < 4.78 is 7.64. The van der Waals surface area contributed by atoms with Gasteiger partial charge in [0.1, 0.15) is 6.10 Å². The molecular weight excluding hydrogens is 138 g/mol. The summed E-state index contributed by atoms with van der Waals surface area (Å²) in [6.07, 6.45) is 4.38. The average molecular weight is 154 g/mol. The largest absolute Gasteiger partial charge is 0.440 e. The highest BCUT2D eigenvalue weighted by atomic mass is 16.5. The third-order valence-corrected chi connectivity index (χ3v) is 1.79. The second kappa shape index (κ2) is 3.07. The van der Waals surface area contributed by atoms with E-state index in [0.717, 1.165) is 5.90 Å². The van der Waals surface area contributed by atoms with Crippen LogP contribution in [0.4, 0.5) is 0 Å². The van der Waals surface area contributed by atoms with Crippen molar-refractivity contribution in [2.45, 2.75) is 39.8 Å². The summed E-state index contributed by atoms with van der Waals surface area (Å²) in [5, 5.41) is 0. The molecule has 0 spiro atoms. The lowest BCUT2D eigenvalue weighted by Crippen LogP contribution is -2.29. The average Bonchev–Trinajstić information content (AvgIpc) is 1.85. The Labute approximate surface area is 68.2 Å². The molecule has 0 N–H and O–H groups in total. The van der Waals surface area contributed by atoms with Gasteiger partial charge in [-0.2, -0.15) is 4.58 Å². The Hall–Kier alpha value is -0.790. The molecule has 1 unspecified atom stereocenters. The maximum Gasteiger partial charge on any atom is 0.339 e. The van der Waals surface area contributed by atoms with Gasteiger partial charge in [0.2, 0.25) is 0 Å². The second-order valence-corrected chi connectivity index (χ2v) is 3.18. The fourth-order valence-corrected chi connectivity index (χ4v) is 1.22. The Morgan fingerprint density at radius 1 is 1.55 bits per heavy atom. The fourth-order valence-electron chi connectivity index (χ4n) is 1.22. The fraction of sp³-hybridized carbons (Fsp3) is 0.667. The first-order chi connectivity index (χ1) is 5.11. The molecule has 1 atom stereocenters. The molecule has 0 radical (unpaired) electrons. The van der Waals surface area contributed by atoms with Crippen molar-refractivity contribution in [1.29, 1.82) is 0 Å². The van der Waals surface area contributed by atoms with Crippen molar-refractivity contribution in [1.82, 2.24) is 0 Å². The molecule has 11 heavy (non-hydrogen) atoms. The number of rotatable bonds is 1. The lowest BCUT2D eigenvalue weighted by atomic mass is 10.3. The van der Waals surface area contributed by atoms with Crippen molar-refractivity contribution < 1.29 is 9.31 Å². The van der Waals surface area contributed by atoms with Crippen LogP contribution in [0, 0.1) is 0 Å². The molecule has 0 aromatic rings. The van der Waals surface area contributed by atoms with Crippen LogP contribution in [0.15, 0.2) is 12.3 Å². The molecule has 0 bridgehead atoms. The van der Waals surface area contributed by atoms with Crippen LogP contribution in [0.1, 0.15) is 27.7 Å². The van der Waals surface area contributed by atoms with Gasteiger partial charge in [0, 0.05) is 6.08 Å². The number of hydrogen-bond acceptors (Lipinski definition) is 1.